The average molecular weight is 528 g/mol. The molecule has 2 aromatic carbocycles. The number of ether oxygens (including phenoxy) is 3. The highest BCUT2D eigenvalue weighted by molar-refractivity contribution is 6.30. The molecule has 4 rings (SSSR count). The van der Waals surface area contributed by atoms with Crippen LogP contribution in [0.3, 0.4) is 0 Å². The van der Waals surface area contributed by atoms with Gasteiger partial charge in [-0.2, -0.15) is 0 Å². The molecule has 2 aromatic rings. The second kappa shape index (κ2) is 10.6. The van der Waals surface area contributed by atoms with Crippen LogP contribution in [-0.4, -0.2) is 25.5 Å². The third-order valence-corrected chi connectivity index (χ3v) is 6.95. The van der Waals surface area contributed by atoms with Crippen molar-refractivity contribution in [2.75, 3.05) is 13.7 Å². The lowest BCUT2D eigenvalue weighted by Crippen LogP contribution is -2.38. The number of esters is 1. The Morgan fingerprint density at radius 2 is 1.95 bits per heavy atom. The van der Waals surface area contributed by atoms with E-state index in [2.05, 4.69) is 19.2 Å². The van der Waals surface area contributed by atoms with Gasteiger partial charge in [-0.05, 0) is 55.5 Å². The molecule has 1 N–H and O–H groups in total. The molecule has 0 spiro atoms. The molecule has 37 heavy (non-hydrogen) atoms. The Balaban J connectivity index is 1.78. The fourth-order valence-corrected chi connectivity index (χ4v) is 5.24. The maximum Gasteiger partial charge on any atom is 0.336 e. The number of nitrogens with one attached hydrogen (secondary N) is 1. The molecular formula is C29H31ClFNO5. The van der Waals surface area contributed by atoms with Crippen molar-refractivity contribution in [3.63, 3.8) is 0 Å². The van der Waals surface area contributed by atoms with Crippen LogP contribution in [-0.2, 0) is 20.9 Å². The van der Waals surface area contributed by atoms with Gasteiger partial charge < -0.3 is 19.5 Å². The number of allylic oxidation sites excluding steroid dienone is 3. The van der Waals surface area contributed by atoms with Gasteiger partial charge in [-0.15, -0.1) is 0 Å². The molecule has 0 saturated carbocycles. The van der Waals surface area contributed by atoms with Gasteiger partial charge >= 0.3 is 5.97 Å². The van der Waals surface area contributed by atoms with E-state index in [1.165, 1.54) is 18.2 Å². The van der Waals surface area contributed by atoms with Crippen LogP contribution in [0.4, 0.5) is 4.39 Å². The Bertz CT molecular complexity index is 1310. The van der Waals surface area contributed by atoms with Crippen molar-refractivity contribution in [2.24, 2.45) is 5.41 Å². The molecule has 1 aliphatic heterocycles. The molecule has 0 unspecified atom stereocenters. The largest absolute Gasteiger partial charge is 0.496 e. The minimum absolute atomic E-state index is 0.00706. The predicted octanol–water partition coefficient (Wildman–Crippen LogP) is 6.23. The van der Waals surface area contributed by atoms with E-state index in [0.717, 1.165) is 11.3 Å². The van der Waals surface area contributed by atoms with Crippen LogP contribution in [0.25, 0.3) is 0 Å². The second-order valence-corrected chi connectivity index (χ2v) is 10.5. The standard InChI is InChI=1S/C29H31ClFNO5/c1-6-36-28(34)25-16(2)32-22-13-29(3,4)14-23(33)27(22)26(25)17-7-10-24(35-5)18(11-17)15-37-19-8-9-21(31)20(30)12-19/h7-12,26,32H,6,13-15H2,1-5H3/t26-/m1/s1. The normalized spacial score (nSPS) is 18.8. The number of hydrogen-bond donors (Lipinski definition) is 1. The van der Waals surface area contributed by atoms with Crippen molar-refractivity contribution in [3.8, 4) is 11.5 Å². The number of methoxy groups -OCH3 is 1. The van der Waals surface area contributed by atoms with Gasteiger partial charge in [-0.1, -0.05) is 31.5 Å². The second-order valence-electron chi connectivity index (χ2n) is 10.1. The highest BCUT2D eigenvalue weighted by atomic mass is 35.5. The molecule has 1 aliphatic carbocycles. The van der Waals surface area contributed by atoms with Gasteiger partial charge in [0, 0.05) is 40.9 Å². The summed E-state index contributed by atoms with van der Waals surface area (Å²) < 4.78 is 30.4. The van der Waals surface area contributed by atoms with Gasteiger partial charge in [0.2, 0.25) is 0 Å². The number of ketones is 1. The van der Waals surface area contributed by atoms with Crippen molar-refractivity contribution in [1.29, 1.82) is 0 Å². The number of dihydropyridines is 1. The molecule has 0 aromatic heterocycles. The summed E-state index contributed by atoms with van der Waals surface area (Å²) in [4.78, 5) is 26.6. The molecule has 0 fully saturated rings. The molecule has 2 aliphatic rings. The maximum atomic E-state index is 13.6. The summed E-state index contributed by atoms with van der Waals surface area (Å²) in [6, 6.07) is 9.67. The first kappa shape index (κ1) is 26.7. The van der Waals surface area contributed by atoms with Crippen molar-refractivity contribution in [1.82, 2.24) is 5.32 Å². The van der Waals surface area contributed by atoms with E-state index in [4.69, 9.17) is 25.8 Å². The van der Waals surface area contributed by atoms with Crippen LogP contribution >= 0.6 is 11.6 Å². The van der Waals surface area contributed by atoms with Gasteiger partial charge in [-0.25, -0.2) is 9.18 Å². The van der Waals surface area contributed by atoms with E-state index in [-0.39, 0.29) is 29.4 Å². The molecule has 1 atom stereocenters. The molecule has 0 saturated heterocycles. The molecule has 0 bridgehead atoms. The maximum absolute atomic E-state index is 13.6. The fraction of sp³-hybridized carbons (Fsp3) is 0.379. The summed E-state index contributed by atoms with van der Waals surface area (Å²) in [5.41, 5.74) is 3.77. The number of carbonyl (C=O) groups excluding carboxylic acids is 2. The number of halogens is 2. The molecule has 196 valence electrons. The zero-order valence-electron chi connectivity index (χ0n) is 21.7. The van der Waals surface area contributed by atoms with Crippen LogP contribution in [0.2, 0.25) is 5.02 Å². The summed E-state index contributed by atoms with van der Waals surface area (Å²) in [7, 11) is 1.55. The van der Waals surface area contributed by atoms with E-state index in [0.29, 0.717) is 46.7 Å². The van der Waals surface area contributed by atoms with Gasteiger partial charge in [0.15, 0.2) is 5.78 Å². The Morgan fingerprint density at radius 1 is 1.19 bits per heavy atom. The van der Waals surface area contributed by atoms with Crippen LogP contribution in [0, 0.1) is 11.2 Å². The highest BCUT2D eigenvalue weighted by Gasteiger charge is 2.43. The molecule has 8 heteroatoms. The number of rotatable bonds is 7. The smallest absolute Gasteiger partial charge is 0.336 e. The number of carbonyl (C=O) groups is 2. The summed E-state index contributed by atoms with van der Waals surface area (Å²) in [6.07, 6.45) is 1.08. The first-order chi connectivity index (χ1) is 17.5. The van der Waals surface area contributed by atoms with E-state index in [1.807, 2.05) is 19.1 Å². The Morgan fingerprint density at radius 3 is 2.62 bits per heavy atom. The highest BCUT2D eigenvalue weighted by Crippen LogP contribution is 2.47. The van der Waals surface area contributed by atoms with Crippen molar-refractivity contribution < 1.29 is 28.2 Å². The van der Waals surface area contributed by atoms with Gasteiger partial charge in [0.25, 0.3) is 0 Å². The number of benzene rings is 2. The molecule has 0 radical (unpaired) electrons. The molecule has 1 heterocycles. The fourth-order valence-electron chi connectivity index (χ4n) is 5.07. The zero-order chi connectivity index (χ0) is 26.9. The van der Waals surface area contributed by atoms with E-state index in [1.54, 1.807) is 20.1 Å². The third-order valence-electron chi connectivity index (χ3n) is 6.66. The van der Waals surface area contributed by atoms with Gasteiger partial charge in [0.05, 0.1) is 24.3 Å². The summed E-state index contributed by atoms with van der Waals surface area (Å²) in [6.45, 7) is 8.04. The average Bonchev–Trinajstić information content (AvgIpc) is 2.83. The van der Waals surface area contributed by atoms with E-state index in [9.17, 15) is 14.0 Å². The topological polar surface area (TPSA) is 73.9 Å². The molecule has 0 amide bonds. The van der Waals surface area contributed by atoms with E-state index < -0.39 is 17.7 Å². The Labute approximate surface area is 221 Å². The monoisotopic (exact) mass is 527 g/mol. The van der Waals surface area contributed by atoms with Gasteiger partial charge in [-0.3, -0.25) is 4.79 Å². The first-order valence-electron chi connectivity index (χ1n) is 12.2. The van der Waals surface area contributed by atoms with Crippen molar-refractivity contribution in [3.05, 3.63) is 80.9 Å². The van der Waals surface area contributed by atoms with E-state index >= 15 is 0 Å². The third kappa shape index (κ3) is 5.52. The zero-order valence-corrected chi connectivity index (χ0v) is 22.4. The SMILES string of the molecule is CCOC(=O)C1=C(C)NC2=C(C(=O)CC(C)(C)C2)[C@@H]1c1ccc(OC)c(COc2ccc(F)c(Cl)c2)c1. The predicted molar refractivity (Wildman–Crippen MR) is 139 cm³/mol. The van der Waals surface area contributed by atoms with Crippen LogP contribution in [0.15, 0.2) is 58.9 Å². The quantitative estimate of drug-likeness (QED) is 0.430. The molecular weight excluding hydrogens is 497 g/mol. The minimum atomic E-state index is -0.594. The van der Waals surface area contributed by atoms with Crippen LogP contribution < -0.4 is 14.8 Å². The lowest BCUT2D eigenvalue weighted by molar-refractivity contribution is -0.138. The summed E-state index contributed by atoms with van der Waals surface area (Å²) >= 11 is 5.89. The molecule has 6 nitrogen and oxygen atoms in total. The van der Waals surface area contributed by atoms with Crippen molar-refractivity contribution >= 4 is 23.4 Å². The number of Topliss-reactive ketones (excluding diaryl/α,β-unsaturated/α-hetero) is 1. The van der Waals surface area contributed by atoms with Crippen molar-refractivity contribution in [2.45, 2.75) is 53.1 Å². The summed E-state index contributed by atoms with van der Waals surface area (Å²) in [5.74, 6) is -0.599. The lowest BCUT2D eigenvalue weighted by atomic mass is 9.68. The van der Waals surface area contributed by atoms with Gasteiger partial charge in [0.1, 0.15) is 23.9 Å². The number of hydrogen-bond acceptors (Lipinski definition) is 6. The van der Waals surface area contributed by atoms with Crippen LogP contribution in [0.1, 0.15) is 57.6 Å². The Hall–Kier alpha value is -3.32. The lowest BCUT2D eigenvalue weighted by Gasteiger charge is -2.39. The summed E-state index contributed by atoms with van der Waals surface area (Å²) in [5, 5.41) is 3.30. The minimum Gasteiger partial charge on any atom is -0.496 e. The first-order valence-corrected chi connectivity index (χ1v) is 12.6. The van der Waals surface area contributed by atoms with Crippen LogP contribution in [0.5, 0.6) is 11.5 Å². The Kier molecular flexibility index (Phi) is 7.64.